The number of thiocarbonyl (C=S) groups is 1. The van der Waals surface area contributed by atoms with Crippen molar-refractivity contribution < 1.29 is 22.7 Å². The van der Waals surface area contributed by atoms with E-state index in [-0.39, 0.29) is 21.9 Å². The lowest BCUT2D eigenvalue weighted by Crippen LogP contribution is -2.35. The molecule has 1 amide bonds. The summed E-state index contributed by atoms with van der Waals surface area (Å²) < 4.78 is 40.8. The number of hydrogen-bond donors (Lipinski definition) is 1. The van der Waals surface area contributed by atoms with Crippen molar-refractivity contribution in [3.63, 3.8) is 0 Å². The molecular formula is C30H24Cl2F3N7O2S2. The van der Waals surface area contributed by atoms with Gasteiger partial charge < -0.3 is 4.74 Å². The molecule has 5 rings (SSSR count). The predicted molar refractivity (Wildman–Crippen MR) is 179 cm³/mol. The van der Waals surface area contributed by atoms with Crippen LogP contribution in [0.5, 0.6) is 5.75 Å². The minimum Gasteiger partial charge on any atom is -0.406 e. The molecule has 46 heavy (non-hydrogen) atoms. The van der Waals surface area contributed by atoms with E-state index in [1.807, 2.05) is 39.0 Å². The number of halogens is 5. The fraction of sp³-hybridized carbons (Fsp3) is 0.200. The number of nitrogens with zero attached hydrogens (tertiary/aromatic N) is 6. The van der Waals surface area contributed by atoms with Gasteiger partial charge in [0.25, 0.3) is 5.91 Å². The van der Waals surface area contributed by atoms with Gasteiger partial charge >= 0.3 is 6.36 Å². The highest BCUT2D eigenvalue weighted by atomic mass is 35.5. The Labute approximate surface area is 281 Å². The molecule has 0 unspecified atom stereocenters. The Kier molecular flexibility index (Phi) is 9.73. The summed E-state index contributed by atoms with van der Waals surface area (Å²) in [7, 11) is 0. The first kappa shape index (κ1) is 33.4. The lowest BCUT2D eigenvalue weighted by Gasteiger charge is -2.22. The molecule has 1 saturated heterocycles. The molecule has 1 fully saturated rings. The van der Waals surface area contributed by atoms with Crippen molar-refractivity contribution in [2.45, 2.75) is 36.7 Å². The maximum absolute atomic E-state index is 13.2. The molecule has 2 heterocycles. The minimum atomic E-state index is -4.77. The lowest BCUT2D eigenvalue weighted by molar-refractivity contribution is -0.274. The summed E-state index contributed by atoms with van der Waals surface area (Å²) >= 11 is 18.9. The van der Waals surface area contributed by atoms with Crippen molar-refractivity contribution in [3.8, 4) is 22.8 Å². The number of aryl methyl sites for hydroxylation is 1. The second kappa shape index (κ2) is 13.4. The average molecular weight is 707 g/mol. The number of carbonyl (C=O) groups excluding carboxylic acids is 1. The monoisotopic (exact) mass is 705 g/mol. The summed E-state index contributed by atoms with van der Waals surface area (Å²) in [6.45, 7) is 5.96. The summed E-state index contributed by atoms with van der Waals surface area (Å²) in [5.41, 5.74) is 7.12. The van der Waals surface area contributed by atoms with E-state index in [0.29, 0.717) is 22.8 Å². The third-order valence-corrected chi connectivity index (χ3v) is 8.33. The SMILES string of the molecule is Cc1ccc(C(C)C)c(N2C(=O)C(Cl)(Cl)SC2=NC(=S)N/N=C/c2ccc(-c3ncn(-c4ccc(OC(F)(F)F)cc4)n3)cc2)c1. The largest absolute Gasteiger partial charge is 0.573 e. The topological polar surface area (TPSA) is 97.0 Å². The summed E-state index contributed by atoms with van der Waals surface area (Å²) in [5.74, 6) is -0.344. The van der Waals surface area contributed by atoms with Crippen LogP contribution in [0.2, 0.25) is 0 Å². The number of hydrazone groups is 1. The number of aliphatic imine (C=N–C) groups is 1. The average Bonchev–Trinajstić information content (AvgIpc) is 3.55. The Balaban J connectivity index is 1.25. The zero-order chi connectivity index (χ0) is 33.2. The molecule has 0 radical (unpaired) electrons. The van der Waals surface area contributed by atoms with Crippen LogP contribution in [0.1, 0.15) is 36.5 Å². The van der Waals surface area contributed by atoms with Crippen LogP contribution in [0.4, 0.5) is 18.9 Å². The number of alkyl halides is 5. The fourth-order valence-corrected chi connectivity index (χ4v) is 5.95. The second-order valence-electron chi connectivity index (χ2n) is 10.2. The molecule has 238 valence electrons. The van der Waals surface area contributed by atoms with Crippen LogP contribution in [0.15, 0.2) is 83.2 Å². The Hall–Kier alpha value is -3.98. The Morgan fingerprint density at radius 3 is 2.46 bits per heavy atom. The third kappa shape index (κ3) is 7.86. The molecule has 0 spiro atoms. The van der Waals surface area contributed by atoms with Gasteiger partial charge in [-0.25, -0.2) is 9.67 Å². The number of thioether (sulfide) groups is 1. The van der Waals surface area contributed by atoms with Gasteiger partial charge in [-0.2, -0.15) is 10.1 Å². The van der Waals surface area contributed by atoms with Crippen molar-refractivity contribution in [1.82, 2.24) is 20.2 Å². The van der Waals surface area contributed by atoms with E-state index in [4.69, 9.17) is 35.4 Å². The summed E-state index contributed by atoms with van der Waals surface area (Å²) in [5, 5.41) is 8.76. The van der Waals surface area contributed by atoms with Gasteiger partial charge in [0.15, 0.2) is 11.0 Å². The highest BCUT2D eigenvalue weighted by Gasteiger charge is 2.50. The van der Waals surface area contributed by atoms with E-state index in [9.17, 15) is 18.0 Å². The molecular weight excluding hydrogens is 682 g/mol. The molecule has 0 bridgehead atoms. The molecule has 16 heteroatoms. The Bertz CT molecular complexity index is 1830. The van der Waals surface area contributed by atoms with Gasteiger partial charge in [0.2, 0.25) is 8.78 Å². The van der Waals surface area contributed by atoms with Crippen LogP contribution in [-0.2, 0) is 4.79 Å². The zero-order valence-corrected chi connectivity index (χ0v) is 27.4. The number of amides is 1. The molecule has 1 aromatic heterocycles. The number of amidine groups is 1. The number of nitrogens with one attached hydrogen (secondary N) is 1. The number of benzene rings is 3. The van der Waals surface area contributed by atoms with Crippen LogP contribution < -0.4 is 15.1 Å². The van der Waals surface area contributed by atoms with E-state index < -0.39 is 15.9 Å². The van der Waals surface area contributed by atoms with Crippen LogP contribution in [-0.4, -0.2) is 47.2 Å². The zero-order valence-electron chi connectivity index (χ0n) is 24.3. The number of hydrogen-bond acceptors (Lipinski definition) is 7. The number of ether oxygens (including phenoxy) is 1. The molecule has 0 atom stereocenters. The van der Waals surface area contributed by atoms with Gasteiger partial charge in [-0.3, -0.25) is 15.1 Å². The third-order valence-electron chi connectivity index (χ3n) is 6.48. The summed E-state index contributed by atoms with van der Waals surface area (Å²) in [4.78, 5) is 23.2. The van der Waals surface area contributed by atoms with E-state index in [2.05, 4.69) is 30.3 Å². The standard InChI is InChI=1S/C30H24Cl2F3N7O2S2/c1-17(2)23-13-4-18(3)14-24(23)42-26(43)29(31,32)46-28(42)38-27(45)39-37-15-19-5-7-20(8-6-19)25-36-16-41(40-25)21-9-11-22(12-10-21)44-30(33,34)35/h4-17H,1-3H3,(H,39,45)/b37-15+,38-28?. The predicted octanol–water partition coefficient (Wildman–Crippen LogP) is 7.74. The molecule has 0 aliphatic carbocycles. The van der Waals surface area contributed by atoms with Gasteiger partial charge in [0, 0.05) is 5.56 Å². The van der Waals surface area contributed by atoms with Gasteiger partial charge in [0.05, 0.1) is 17.6 Å². The summed E-state index contributed by atoms with van der Waals surface area (Å²) in [6, 6.07) is 18.2. The van der Waals surface area contributed by atoms with Crippen molar-refractivity contribution >= 4 is 75.3 Å². The molecule has 1 aliphatic rings. The maximum atomic E-state index is 13.2. The molecule has 9 nitrogen and oxygen atoms in total. The van der Waals surface area contributed by atoms with E-state index in [1.165, 1.54) is 46.4 Å². The summed E-state index contributed by atoms with van der Waals surface area (Å²) in [6.07, 6.45) is -1.78. The number of carbonyl (C=O) groups is 1. The van der Waals surface area contributed by atoms with Gasteiger partial charge in [-0.15, -0.1) is 18.3 Å². The second-order valence-corrected chi connectivity index (χ2v) is 13.6. The first-order valence-corrected chi connectivity index (χ1v) is 15.5. The van der Waals surface area contributed by atoms with Crippen molar-refractivity contribution in [2.24, 2.45) is 10.1 Å². The number of rotatable bonds is 7. The molecule has 4 aromatic rings. The van der Waals surface area contributed by atoms with Crippen LogP contribution in [0.3, 0.4) is 0 Å². The van der Waals surface area contributed by atoms with E-state index >= 15 is 0 Å². The maximum Gasteiger partial charge on any atom is 0.573 e. The molecule has 1 aliphatic heterocycles. The molecule has 0 saturated carbocycles. The first-order chi connectivity index (χ1) is 21.7. The molecule has 1 N–H and O–H groups in total. The van der Waals surface area contributed by atoms with Crippen molar-refractivity contribution in [1.29, 1.82) is 0 Å². The normalized spacial score (nSPS) is 15.7. The molecule has 3 aromatic carbocycles. The number of anilines is 1. The van der Waals surface area contributed by atoms with E-state index in [1.54, 1.807) is 24.3 Å². The van der Waals surface area contributed by atoms with Gasteiger partial charge in [-0.1, -0.05) is 73.4 Å². The minimum absolute atomic E-state index is 0.00862. The quantitative estimate of drug-likeness (QED) is 0.0909. The Morgan fingerprint density at radius 2 is 1.80 bits per heavy atom. The number of aromatic nitrogens is 3. The highest BCUT2D eigenvalue weighted by molar-refractivity contribution is 8.19. The fourth-order valence-electron chi connectivity index (χ4n) is 4.35. The van der Waals surface area contributed by atoms with Crippen LogP contribution in [0.25, 0.3) is 17.1 Å². The highest BCUT2D eigenvalue weighted by Crippen LogP contribution is 2.47. The van der Waals surface area contributed by atoms with Crippen molar-refractivity contribution in [2.75, 3.05) is 4.90 Å². The van der Waals surface area contributed by atoms with Gasteiger partial charge in [0.1, 0.15) is 12.1 Å². The van der Waals surface area contributed by atoms with Crippen LogP contribution >= 0.6 is 47.2 Å². The van der Waals surface area contributed by atoms with Crippen molar-refractivity contribution in [3.05, 3.63) is 89.7 Å². The van der Waals surface area contributed by atoms with E-state index in [0.717, 1.165) is 28.5 Å². The van der Waals surface area contributed by atoms with Gasteiger partial charge in [-0.05, 0) is 83.8 Å². The first-order valence-electron chi connectivity index (χ1n) is 13.5. The Morgan fingerprint density at radius 1 is 1.11 bits per heavy atom. The smallest absolute Gasteiger partial charge is 0.406 e. The lowest BCUT2D eigenvalue weighted by atomic mass is 9.99. The van der Waals surface area contributed by atoms with Crippen LogP contribution in [0, 0.1) is 6.92 Å².